The third kappa shape index (κ3) is 6.27. The van der Waals surface area contributed by atoms with Crippen LogP contribution in [0.5, 0.6) is 11.5 Å². The first-order chi connectivity index (χ1) is 13.6. The highest BCUT2D eigenvalue weighted by molar-refractivity contribution is 6.30. The van der Waals surface area contributed by atoms with Gasteiger partial charge in [0.15, 0.2) is 11.5 Å². The third-order valence-corrected chi connectivity index (χ3v) is 4.22. The number of hydrogen-bond donors (Lipinski definition) is 0. The molecule has 0 aliphatic heterocycles. The van der Waals surface area contributed by atoms with Gasteiger partial charge in [-0.25, -0.2) is 0 Å². The maximum absolute atomic E-state index is 12.7. The average molecular weight is 396 g/mol. The average Bonchev–Trinajstić information content (AvgIpc) is 2.71. The molecule has 2 aromatic rings. The Kier molecular flexibility index (Phi) is 8.28. The minimum Gasteiger partial charge on any atom is -0.493 e. The molecule has 0 aliphatic carbocycles. The molecule has 0 aromatic heterocycles. The van der Waals surface area contributed by atoms with Crippen LogP contribution in [0.3, 0.4) is 0 Å². The molecule has 5 heteroatoms. The fourth-order valence-electron chi connectivity index (χ4n) is 2.59. The highest BCUT2D eigenvalue weighted by Gasteiger charge is 2.13. The van der Waals surface area contributed by atoms with Crippen molar-refractivity contribution in [3.05, 3.63) is 58.6 Å². The van der Waals surface area contributed by atoms with Gasteiger partial charge in [0, 0.05) is 17.5 Å². The number of methoxy groups -OCH3 is 1. The SMILES string of the molecule is C#CCOc1cc(CCC(=O)N(C#CC)Cc2ccc(Cl)cc2)ccc1OC. The largest absolute Gasteiger partial charge is 0.493 e. The van der Waals surface area contributed by atoms with E-state index >= 15 is 0 Å². The van der Waals surface area contributed by atoms with Crippen molar-refractivity contribution >= 4 is 17.5 Å². The lowest BCUT2D eigenvalue weighted by Gasteiger charge is -2.16. The van der Waals surface area contributed by atoms with E-state index in [2.05, 4.69) is 17.9 Å². The molecular formula is C23H22ClNO3. The Hall–Kier alpha value is -3.08. The molecule has 0 aliphatic rings. The normalized spacial score (nSPS) is 9.64. The Labute approximate surface area is 171 Å². The maximum atomic E-state index is 12.7. The van der Waals surface area contributed by atoms with E-state index in [-0.39, 0.29) is 12.5 Å². The Morgan fingerprint density at radius 2 is 1.86 bits per heavy atom. The number of halogens is 1. The van der Waals surface area contributed by atoms with Gasteiger partial charge in [0.2, 0.25) is 5.91 Å². The van der Waals surface area contributed by atoms with Crippen molar-refractivity contribution in [3.8, 4) is 35.8 Å². The van der Waals surface area contributed by atoms with Gasteiger partial charge in [0.25, 0.3) is 0 Å². The summed E-state index contributed by atoms with van der Waals surface area (Å²) >= 11 is 5.92. The zero-order chi connectivity index (χ0) is 20.4. The predicted octanol–water partition coefficient (Wildman–Crippen LogP) is 4.30. The summed E-state index contributed by atoms with van der Waals surface area (Å²) in [7, 11) is 1.57. The minimum atomic E-state index is -0.0498. The fourth-order valence-corrected chi connectivity index (χ4v) is 2.72. The minimum absolute atomic E-state index is 0.0498. The van der Waals surface area contributed by atoms with Crippen LogP contribution >= 0.6 is 11.6 Å². The lowest BCUT2D eigenvalue weighted by molar-refractivity contribution is -0.128. The molecule has 2 aromatic carbocycles. The number of benzene rings is 2. The van der Waals surface area contributed by atoms with Crippen molar-refractivity contribution in [2.45, 2.75) is 26.3 Å². The second kappa shape index (κ2) is 10.9. The molecule has 0 saturated carbocycles. The van der Waals surface area contributed by atoms with Crippen LogP contribution in [0.15, 0.2) is 42.5 Å². The number of carbonyl (C=O) groups is 1. The van der Waals surface area contributed by atoms with Crippen LogP contribution in [0, 0.1) is 24.3 Å². The molecule has 144 valence electrons. The number of ether oxygens (including phenoxy) is 2. The predicted molar refractivity (Wildman–Crippen MR) is 111 cm³/mol. The van der Waals surface area contributed by atoms with Crippen molar-refractivity contribution in [1.82, 2.24) is 4.90 Å². The van der Waals surface area contributed by atoms with Gasteiger partial charge < -0.3 is 9.47 Å². The van der Waals surface area contributed by atoms with E-state index in [4.69, 9.17) is 27.5 Å². The third-order valence-electron chi connectivity index (χ3n) is 3.97. The molecule has 0 fully saturated rings. The Balaban J connectivity index is 2.04. The molecule has 0 unspecified atom stereocenters. The highest BCUT2D eigenvalue weighted by atomic mass is 35.5. The molecular weight excluding hydrogens is 374 g/mol. The van der Waals surface area contributed by atoms with Crippen molar-refractivity contribution in [2.75, 3.05) is 13.7 Å². The molecule has 28 heavy (non-hydrogen) atoms. The summed E-state index contributed by atoms with van der Waals surface area (Å²) in [5.41, 5.74) is 1.92. The van der Waals surface area contributed by atoms with E-state index in [0.29, 0.717) is 35.9 Å². The summed E-state index contributed by atoms with van der Waals surface area (Å²) < 4.78 is 10.8. The molecule has 0 heterocycles. The van der Waals surface area contributed by atoms with Crippen LogP contribution < -0.4 is 9.47 Å². The van der Waals surface area contributed by atoms with Crippen LogP contribution in [-0.2, 0) is 17.8 Å². The van der Waals surface area contributed by atoms with E-state index in [1.165, 1.54) is 4.90 Å². The van der Waals surface area contributed by atoms with Gasteiger partial charge in [-0.15, -0.1) is 6.42 Å². The lowest BCUT2D eigenvalue weighted by atomic mass is 10.1. The van der Waals surface area contributed by atoms with E-state index in [0.717, 1.165) is 11.1 Å². The zero-order valence-corrected chi connectivity index (χ0v) is 16.8. The van der Waals surface area contributed by atoms with Crippen LogP contribution in [0.2, 0.25) is 5.02 Å². The van der Waals surface area contributed by atoms with Gasteiger partial charge >= 0.3 is 0 Å². The topological polar surface area (TPSA) is 38.8 Å². The van der Waals surface area contributed by atoms with Crippen molar-refractivity contribution in [2.24, 2.45) is 0 Å². The smallest absolute Gasteiger partial charge is 0.234 e. The number of rotatable bonds is 8. The number of nitrogens with zero attached hydrogens (tertiary/aromatic N) is 1. The molecule has 0 atom stereocenters. The fraction of sp³-hybridized carbons (Fsp3) is 0.261. The van der Waals surface area contributed by atoms with E-state index in [1.807, 2.05) is 30.3 Å². The summed E-state index contributed by atoms with van der Waals surface area (Å²) in [6.07, 6.45) is 6.13. The van der Waals surface area contributed by atoms with Gasteiger partial charge in [-0.3, -0.25) is 9.69 Å². The van der Waals surface area contributed by atoms with Gasteiger partial charge in [-0.1, -0.05) is 41.6 Å². The molecule has 0 bridgehead atoms. The van der Waals surface area contributed by atoms with Crippen molar-refractivity contribution < 1.29 is 14.3 Å². The molecule has 1 amide bonds. The van der Waals surface area contributed by atoms with Crippen LogP contribution in [0.4, 0.5) is 0 Å². The summed E-state index contributed by atoms with van der Waals surface area (Å²) in [5.74, 6) is 6.35. The zero-order valence-electron chi connectivity index (χ0n) is 16.0. The maximum Gasteiger partial charge on any atom is 0.234 e. The number of carbonyl (C=O) groups excluding carboxylic acids is 1. The number of terminal acetylenes is 1. The summed E-state index contributed by atoms with van der Waals surface area (Å²) in [6.45, 7) is 2.27. The van der Waals surface area contributed by atoms with E-state index in [1.54, 1.807) is 26.2 Å². The molecule has 0 saturated heterocycles. The molecule has 0 spiro atoms. The van der Waals surface area contributed by atoms with Gasteiger partial charge in [-0.2, -0.15) is 0 Å². The summed E-state index contributed by atoms with van der Waals surface area (Å²) in [5, 5.41) is 0.658. The van der Waals surface area contributed by atoms with Gasteiger partial charge in [-0.05, 0) is 48.7 Å². The van der Waals surface area contributed by atoms with E-state index < -0.39 is 0 Å². The first-order valence-corrected chi connectivity index (χ1v) is 9.15. The molecule has 0 radical (unpaired) electrons. The van der Waals surface area contributed by atoms with Crippen LogP contribution in [0.25, 0.3) is 0 Å². The second-order valence-electron chi connectivity index (χ2n) is 5.95. The Bertz CT molecular complexity index is 904. The quantitative estimate of drug-likeness (QED) is 0.494. The highest BCUT2D eigenvalue weighted by Crippen LogP contribution is 2.28. The molecule has 2 rings (SSSR count). The van der Waals surface area contributed by atoms with Gasteiger partial charge in [0.05, 0.1) is 13.7 Å². The lowest BCUT2D eigenvalue weighted by Crippen LogP contribution is -2.26. The monoisotopic (exact) mass is 395 g/mol. The van der Waals surface area contributed by atoms with Crippen LogP contribution in [0.1, 0.15) is 24.5 Å². The van der Waals surface area contributed by atoms with Crippen LogP contribution in [-0.4, -0.2) is 24.5 Å². The Morgan fingerprint density at radius 1 is 1.14 bits per heavy atom. The summed E-state index contributed by atoms with van der Waals surface area (Å²) in [4.78, 5) is 14.2. The molecule has 4 nitrogen and oxygen atoms in total. The number of amides is 1. The summed E-state index contributed by atoms with van der Waals surface area (Å²) in [6, 6.07) is 15.8. The molecule has 0 N–H and O–H groups in total. The first kappa shape index (κ1) is 21.2. The Morgan fingerprint density at radius 3 is 2.50 bits per heavy atom. The first-order valence-electron chi connectivity index (χ1n) is 8.77. The van der Waals surface area contributed by atoms with Crippen molar-refractivity contribution in [3.63, 3.8) is 0 Å². The second-order valence-corrected chi connectivity index (χ2v) is 6.38. The van der Waals surface area contributed by atoms with Gasteiger partial charge in [0.1, 0.15) is 6.61 Å². The number of aryl methyl sites for hydroxylation is 1. The number of hydrogen-bond acceptors (Lipinski definition) is 3. The van der Waals surface area contributed by atoms with Crippen molar-refractivity contribution in [1.29, 1.82) is 0 Å². The standard InChI is InChI=1S/C23H22ClNO3/c1-4-14-25(17-19-6-10-20(24)11-7-19)23(26)13-9-18-8-12-21(27-3)22(16-18)28-15-5-2/h2,6-8,10-12,16H,9,13,15,17H2,1,3H3. The van der Waals surface area contributed by atoms with E-state index in [9.17, 15) is 4.79 Å².